The standard InChI is InChI=1S/C10H13BrO3S/c1-8(6-12)7-15(13,14)10-4-2-9(11)3-5-10/h2-5,8,12H,6-7H2,1H3. The Morgan fingerprint density at radius 2 is 1.87 bits per heavy atom. The summed E-state index contributed by atoms with van der Waals surface area (Å²) in [6.07, 6.45) is 0. The molecule has 1 aromatic carbocycles. The molecule has 1 atom stereocenters. The molecule has 3 nitrogen and oxygen atoms in total. The Morgan fingerprint density at radius 3 is 2.33 bits per heavy atom. The summed E-state index contributed by atoms with van der Waals surface area (Å²) < 4.78 is 24.4. The van der Waals surface area contributed by atoms with Gasteiger partial charge < -0.3 is 5.11 Å². The predicted molar refractivity (Wildman–Crippen MR) is 62.4 cm³/mol. The summed E-state index contributed by atoms with van der Waals surface area (Å²) in [6.45, 7) is 1.59. The average molecular weight is 293 g/mol. The van der Waals surface area contributed by atoms with Crippen LogP contribution in [0.5, 0.6) is 0 Å². The number of aliphatic hydroxyl groups excluding tert-OH is 1. The maximum atomic E-state index is 11.8. The molecule has 1 rings (SSSR count). The SMILES string of the molecule is CC(CO)CS(=O)(=O)c1ccc(Br)cc1. The minimum Gasteiger partial charge on any atom is -0.396 e. The molecule has 0 fully saturated rings. The van der Waals surface area contributed by atoms with Crippen molar-refractivity contribution in [3.63, 3.8) is 0 Å². The molecule has 0 aromatic heterocycles. The van der Waals surface area contributed by atoms with Gasteiger partial charge in [-0.1, -0.05) is 22.9 Å². The molecule has 0 saturated heterocycles. The second-order valence-corrected chi connectivity index (χ2v) is 6.47. The lowest BCUT2D eigenvalue weighted by molar-refractivity contribution is 0.249. The quantitative estimate of drug-likeness (QED) is 0.921. The molecule has 0 saturated carbocycles. The topological polar surface area (TPSA) is 54.4 Å². The van der Waals surface area contributed by atoms with Crippen molar-refractivity contribution < 1.29 is 13.5 Å². The summed E-state index contributed by atoms with van der Waals surface area (Å²) in [7, 11) is -3.27. The van der Waals surface area contributed by atoms with Gasteiger partial charge >= 0.3 is 0 Å². The minimum atomic E-state index is -3.27. The zero-order valence-corrected chi connectivity index (χ0v) is 10.8. The van der Waals surface area contributed by atoms with E-state index in [0.717, 1.165) is 4.47 Å². The van der Waals surface area contributed by atoms with Crippen LogP contribution >= 0.6 is 15.9 Å². The van der Waals surface area contributed by atoms with Crippen molar-refractivity contribution in [2.24, 2.45) is 5.92 Å². The molecule has 5 heteroatoms. The summed E-state index contributed by atoms with van der Waals surface area (Å²) in [5.74, 6) is -0.260. The Balaban J connectivity index is 2.91. The van der Waals surface area contributed by atoms with E-state index in [1.54, 1.807) is 31.2 Å². The average Bonchev–Trinajstić information content (AvgIpc) is 2.17. The first-order valence-corrected chi connectivity index (χ1v) is 6.99. The largest absolute Gasteiger partial charge is 0.396 e. The minimum absolute atomic E-state index is 0.0227. The summed E-state index contributed by atoms with van der Waals surface area (Å²) in [5.41, 5.74) is 0. The Bertz CT molecular complexity index is 411. The third-order valence-corrected chi connectivity index (χ3v) is 4.52. The molecular weight excluding hydrogens is 280 g/mol. The fourth-order valence-electron chi connectivity index (χ4n) is 1.17. The van der Waals surface area contributed by atoms with Gasteiger partial charge in [0.05, 0.1) is 10.6 Å². The van der Waals surface area contributed by atoms with Crippen molar-refractivity contribution in [2.45, 2.75) is 11.8 Å². The number of hydrogen-bond acceptors (Lipinski definition) is 3. The molecule has 84 valence electrons. The maximum Gasteiger partial charge on any atom is 0.178 e. The van der Waals surface area contributed by atoms with E-state index in [1.165, 1.54) is 0 Å². The van der Waals surface area contributed by atoms with Crippen LogP contribution in [0.3, 0.4) is 0 Å². The number of halogens is 1. The molecular formula is C10H13BrO3S. The van der Waals surface area contributed by atoms with Crippen molar-refractivity contribution in [1.29, 1.82) is 0 Å². The van der Waals surface area contributed by atoms with Crippen LogP contribution in [0.15, 0.2) is 33.6 Å². The summed E-state index contributed by atoms with van der Waals surface area (Å²) in [6, 6.07) is 6.50. The lowest BCUT2D eigenvalue weighted by Crippen LogP contribution is -2.16. The molecule has 1 aromatic rings. The van der Waals surface area contributed by atoms with E-state index in [9.17, 15) is 8.42 Å². The van der Waals surface area contributed by atoms with E-state index in [-0.39, 0.29) is 18.3 Å². The van der Waals surface area contributed by atoms with Gasteiger partial charge in [0.1, 0.15) is 0 Å². The van der Waals surface area contributed by atoms with E-state index < -0.39 is 9.84 Å². The molecule has 0 aliphatic heterocycles. The van der Waals surface area contributed by atoms with Crippen LogP contribution in [-0.2, 0) is 9.84 Å². The predicted octanol–water partition coefficient (Wildman–Crippen LogP) is 1.85. The molecule has 1 N–H and O–H groups in total. The van der Waals surface area contributed by atoms with Crippen molar-refractivity contribution in [2.75, 3.05) is 12.4 Å². The highest BCUT2D eigenvalue weighted by Gasteiger charge is 2.17. The van der Waals surface area contributed by atoms with Crippen LogP contribution < -0.4 is 0 Å². The fraction of sp³-hybridized carbons (Fsp3) is 0.400. The Morgan fingerprint density at radius 1 is 1.33 bits per heavy atom. The van der Waals surface area contributed by atoms with Gasteiger partial charge in [0.25, 0.3) is 0 Å². The lowest BCUT2D eigenvalue weighted by Gasteiger charge is -2.08. The van der Waals surface area contributed by atoms with E-state index >= 15 is 0 Å². The molecule has 0 bridgehead atoms. The first-order valence-electron chi connectivity index (χ1n) is 4.55. The third-order valence-electron chi connectivity index (χ3n) is 1.99. The monoisotopic (exact) mass is 292 g/mol. The number of sulfone groups is 1. The van der Waals surface area contributed by atoms with Gasteiger partial charge in [0.15, 0.2) is 9.84 Å². The van der Waals surface area contributed by atoms with Crippen molar-refractivity contribution in [3.05, 3.63) is 28.7 Å². The van der Waals surface area contributed by atoms with E-state index in [2.05, 4.69) is 15.9 Å². The first-order chi connectivity index (χ1) is 6.95. The van der Waals surface area contributed by atoms with Crippen molar-refractivity contribution in [1.82, 2.24) is 0 Å². The smallest absolute Gasteiger partial charge is 0.178 e. The highest BCUT2D eigenvalue weighted by molar-refractivity contribution is 9.10. The molecule has 15 heavy (non-hydrogen) atoms. The van der Waals surface area contributed by atoms with Crippen LogP contribution in [0.25, 0.3) is 0 Å². The highest BCUT2D eigenvalue weighted by Crippen LogP contribution is 2.17. The van der Waals surface area contributed by atoms with Crippen LogP contribution in [-0.4, -0.2) is 25.9 Å². The number of hydrogen-bond donors (Lipinski definition) is 1. The van der Waals surface area contributed by atoms with Gasteiger partial charge in [0.2, 0.25) is 0 Å². The second-order valence-electron chi connectivity index (χ2n) is 3.52. The zero-order valence-electron chi connectivity index (χ0n) is 8.35. The fourth-order valence-corrected chi connectivity index (χ4v) is 3.03. The number of rotatable bonds is 4. The van der Waals surface area contributed by atoms with Crippen LogP contribution in [0, 0.1) is 5.92 Å². The van der Waals surface area contributed by atoms with Crippen molar-refractivity contribution in [3.8, 4) is 0 Å². The molecule has 0 amide bonds. The van der Waals surface area contributed by atoms with Gasteiger partial charge in [-0.25, -0.2) is 8.42 Å². The maximum absolute atomic E-state index is 11.8. The summed E-state index contributed by atoms with van der Waals surface area (Å²) in [5, 5.41) is 8.82. The highest BCUT2D eigenvalue weighted by atomic mass is 79.9. The van der Waals surface area contributed by atoms with Crippen molar-refractivity contribution >= 4 is 25.8 Å². The first kappa shape index (κ1) is 12.7. The van der Waals surface area contributed by atoms with Crippen LogP contribution in [0.4, 0.5) is 0 Å². The second kappa shape index (κ2) is 5.09. The van der Waals surface area contributed by atoms with Crippen LogP contribution in [0.1, 0.15) is 6.92 Å². The molecule has 0 radical (unpaired) electrons. The molecule has 0 aliphatic carbocycles. The van der Waals surface area contributed by atoms with Gasteiger partial charge in [-0.2, -0.15) is 0 Å². The Labute approximate surface area is 98.2 Å². The molecule has 0 heterocycles. The Hall–Kier alpha value is -0.390. The zero-order chi connectivity index (χ0) is 11.5. The lowest BCUT2D eigenvalue weighted by atomic mass is 10.2. The van der Waals surface area contributed by atoms with Gasteiger partial charge in [0, 0.05) is 11.1 Å². The third kappa shape index (κ3) is 3.59. The summed E-state index contributed by atoms with van der Waals surface area (Å²) >= 11 is 3.24. The summed E-state index contributed by atoms with van der Waals surface area (Å²) in [4.78, 5) is 0.297. The molecule has 1 unspecified atom stereocenters. The Kier molecular flexibility index (Phi) is 4.31. The van der Waals surface area contributed by atoms with E-state index in [4.69, 9.17) is 5.11 Å². The van der Waals surface area contributed by atoms with E-state index in [1.807, 2.05) is 0 Å². The number of benzene rings is 1. The van der Waals surface area contributed by atoms with Crippen LogP contribution in [0.2, 0.25) is 0 Å². The molecule has 0 aliphatic rings. The van der Waals surface area contributed by atoms with Gasteiger partial charge in [-0.05, 0) is 30.2 Å². The molecule has 0 spiro atoms. The van der Waals surface area contributed by atoms with Gasteiger partial charge in [-0.15, -0.1) is 0 Å². The van der Waals surface area contributed by atoms with E-state index in [0.29, 0.717) is 4.90 Å². The number of aliphatic hydroxyl groups is 1. The van der Waals surface area contributed by atoms with Gasteiger partial charge in [-0.3, -0.25) is 0 Å². The normalized spacial score (nSPS) is 13.8.